The van der Waals surface area contributed by atoms with Crippen LogP contribution in [-0.2, 0) is 26.6 Å². The minimum atomic E-state index is -1.42. The first-order chi connectivity index (χ1) is 42.8. The van der Waals surface area contributed by atoms with Crippen LogP contribution in [0.1, 0.15) is 283 Å². The van der Waals surface area contributed by atoms with Gasteiger partial charge >= 0.3 is 113 Å². The summed E-state index contributed by atoms with van der Waals surface area (Å²) >= 11 is 0. The van der Waals surface area contributed by atoms with Gasteiger partial charge in [0.25, 0.3) is 0 Å². The molecule has 0 spiro atoms. The Balaban J connectivity index is -0.000000257. The molecule has 6 aliphatic rings. The van der Waals surface area contributed by atoms with Crippen molar-refractivity contribution < 1.29 is 140 Å². The van der Waals surface area contributed by atoms with Crippen LogP contribution in [-0.4, -0.2) is 86.5 Å². The molecule has 0 saturated heterocycles. The van der Waals surface area contributed by atoms with E-state index in [1.165, 1.54) is 193 Å². The average molecular weight is 1440 g/mol. The van der Waals surface area contributed by atoms with Crippen molar-refractivity contribution in [1.82, 2.24) is 0 Å². The van der Waals surface area contributed by atoms with Crippen molar-refractivity contribution in [3.05, 3.63) is 0 Å². The predicted octanol–water partition coefficient (Wildman–Crippen LogP) is 9.32. The van der Waals surface area contributed by atoms with Gasteiger partial charge in [-0.25, -0.2) is 0 Å². The first kappa shape index (κ1) is 114. The molecule has 6 rings (SSSR count). The van der Waals surface area contributed by atoms with Crippen LogP contribution in [0.15, 0.2) is 0 Å². The van der Waals surface area contributed by atoms with E-state index in [0.29, 0.717) is 36.6 Å². The van der Waals surface area contributed by atoms with Crippen molar-refractivity contribution in [2.24, 2.45) is 76.9 Å². The van der Waals surface area contributed by atoms with Crippen molar-refractivity contribution in [3.8, 4) is 0 Å². The molecule has 0 aromatic rings. The van der Waals surface area contributed by atoms with E-state index in [1.807, 2.05) is 0 Å². The molecule has 18 unspecified atom stereocenters. The summed E-state index contributed by atoms with van der Waals surface area (Å²) in [7, 11) is -8.06. The Kier molecular flexibility index (Phi) is 66.8. The molecule has 6 fully saturated rings. The second-order valence-electron chi connectivity index (χ2n) is 36.7. The Bertz CT molecular complexity index is 1820. The van der Waals surface area contributed by atoms with Crippen LogP contribution in [0.25, 0.3) is 0 Å². The molecule has 6 aliphatic carbocycles. The quantitative estimate of drug-likeness (QED) is 0.0646. The third kappa shape index (κ3) is 46.5. The zero-order valence-corrected chi connectivity index (χ0v) is 80.6. The maximum Gasteiger partial charge on any atom is 1.00 e. The number of hydrogen-bond donors (Lipinski definition) is 0. The fourth-order valence-corrected chi connectivity index (χ4v) is 25.8. The standard InChI is InChI=1S/C16H34OSi.3C14H30OSi.2C11H24OSi.6Li/c1-8-12-13(9-2)15(11-4)16(14(12)10-3)17-18(5,6)7;1-7-11-10-12(8-2)14(13(11)9-3)15-16(4,5)6;1-6-8-12-10-13(9-7-2)14(11-12)15-16(3,4)5;1-6-8-12-10-11-14(13(12)9-7-2)15-16(3,4)5;1-5-7-10-8-6-9-11(10)12-13(2,3)4;1-5-6-10-7-8-11(9-10)12-13(2,3)4;;;;;;/h12-16H,8-11H2,1-7H3;11-14H,7-10H2,1-6H3;2*12-14H,6-11H2,1-5H3;2*10-11H,5-9H2,1-4H3;;;;;;/q;;;;;;6*+1. The fraction of sp³-hybridized carbons (Fsp3) is 1.00. The zero-order valence-electron chi connectivity index (χ0n) is 74.6. The van der Waals surface area contributed by atoms with Gasteiger partial charge in [0.15, 0.2) is 49.9 Å². The van der Waals surface area contributed by atoms with Gasteiger partial charge in [-0.1, -0.05) is 199 Å². The smallest absolute Gasteiger partial charge is 0.415 e. The van der Waals surface area contributed by atoms with Gasteiger partial charge in [0.1, 0.15) is 0 Å². The van der Waals surface area contributed by atoms with E-state index in [4.69, 9.17) is 26.6 Å². The third-order valence-electron chi connectivity index (χ3n) is 21.7. The van der Waals surface area contributed by atoms with Crippen LogP contribution in [0.3, 0.4) is 0 Å². The van der Waals surface area contributed by atoms with Gasteiger partial charge in [0.05, 0.1) is 12.2 Å². The third-order valence-corrected chi connectivity index (χ3v) is 27.7. The molecule has 6 nitrogen and oxygen atoms in total. The molecule has 0 aromatic heterocycles. The summed E-state index contributed by atoms with van der Waals surface area (Å²) in [5.74, 6) is 11.4. The number of rotatable bonds is 31. The molecule has 552 valence electrons. The summed E-state index contributed by atoms with van der Waals surface area (Å²) in [6.07, 6.45) is 44.0. The van der Waals surface area contributed by atoms with Crippen molar-refractivity contribution in [3.63, 3.8) is 0 Å². The summed E-state index contributed by atoms with van der Waals surface area (Å²) in [6.45, 7) is 72.0. The van der Waals surface area contributed by atoms with E-state index in [1.54, 1.807) is 0 Å². The molecule has 0 amide bonds. The van der Waals surface area contributed by atoms with Gasteiger partial charge in [-0.15, -0.1) is 0 Å². The van der Waals surface area contributed by atoms with E-state index >= 15 is 0 Å². The Labute approximate surface area is 696 Å². The molecular weight excluding hydrogens is 1270 g/mol. The van der Waals surface area contributed by atoms with Gasteiger partial charge in [-0.2, -0.15) is 0 Å². The second-order valence-corrected chi connectivity index (χ2v) is 63.4. The Hall–Kier alpha value is 4.65. The molecule has 0 N–H and O–H groups in total. The maximum absolute atomic E-state index is 6.61. The zero-order chi connectivity index (χ0) is 70.4. The second kappa shape index (κ2) is 57.6. The molecule has 6 saturated carbocycles. The summed E-state index contributed by atoms with van der Waals surface area (Å²) < 4.78 is 38.2. The molecule has 18 heteroatoms. The van der Waals surface area contributed by atoms with E-state index in [2.05, 4.69) is 208 Å². The van der Waals surface area contributed by atoms with Gasteiger partial charge in [0, 0.05) is 24.4 Å². The molecule has 0 aromatic carbocycles. The maximum atomic E-state index is 6.61. The van der Waals surface area contributed by atoms with Gasteiger partial charge in [0.2, 0.25) is 0 Å². The van der Waals surface area contributed by atoms with Crippen LogP contribution >= 0.6 is 0 Å². The van der Waals surface area contributed by atoms with Crippen molar-refractivity contribution in [2.75, 3.05) is 0 Å². The number of hydrogen-bond acceptors (Lipinski definition) is 6. The largest absolute Gasteiger partial charge is 1.00 e. The van der Waals surface area contributed by atoms with Crippen molar-refractivity contribution >= 4 is 49.9 Å². The van der Waals surface area contributed by atoms with Crippen molar-refractivity contribution in [2.45, 2.75) is 437 Å². The molecule has 0 radical (unpaired) electrons. The van der Waals surface area contributed by atoms with Crippen LogP contribution in [0.2, 0.25) is 118 Å². The molecule has 18 atom stereocenters. The minimum absolute atomic E-state index is 0. The van der Waals surface area contributed by atoms with Gasteiger partial charge < -0.3 is 26.6 Å². The molecule has 0 bridgehead atoms. The predicted molar refractivity (Wildman–Crippen MR) is 427 cm³/mol. The fourth-order valence-electron chi connectivity index (χ4n) is 18.6. The van der Waals surface area contributed by atoms with E-state index in [0.717, 1.165) is 76.9 Å². The topological polar surface area (TPSA) is 55.4 Å². The first-order valence-corrected chi connectivity index (χ1v) is 61.3. The summed E-state index contributed by atoms with van der Waals surface area (Å²) in [6, 6.07) is 0. The van der Waals surface area contributed by atoms with Crippen molar-refractivity contribution in [1.29, 1.82) is 0 Å². The van der Waals surface area contributed by atoms with Crippen LogP contribution in [0.4, 0.5) is 0 Å². The van der Waals surface area contributed by atoms with E-state index in [9.17, 15) is 0 Å². The molecular formula is C80H172Li6O6Si6+6. The van der Waals surface area contributed by atoms with E-state index < -0.39 is 49.9 Å². The normalized spacial score (nSPS) is 30.6. The Morgan fingerprint density at radius 3 is 1.03 bits per heavy atom. The summed E-state index contributed by atoms with van der Waals surface area (Å²) in [5, 5.41) is 0. The SMILES string of the molecule is CCC1C(CC)C(CC)C(O[Si](C)(C)C)C1CC.CCC1CC(CC)C(O[Si](C)(C)C)C1CC.CCCC1CC(CCC)C(O[Si](C)(C)C)C1.CCCC1CCC(O[Si](C)(C)C)C1.CCCC1CCC(O[Si](C)(C)C)C1CCC.CCCC1CCCC1O[Si](C)(C)C.[Li+].[Li+].[Li+].[Li+].[Li+].[Li+]. The van der Waals surface area contributed by atoms with Crippen LogP contribution < -0.4 is 113 Å². The monoisotopic (exact) mass is 1440 g/mol. The van der Waals surface area contributed by atoms with Gasteiger partial charge in [-0.05, 0) is 278 Å². The average Bonchev–Trinajstić information content (AvgIpc) is 1.64. The van der Waals surface area contributed by atoms with E-state index in [-0.39, 0.29) is 113 Å². The Morgan fingerprint density at radius 1 is 0.235 bits per heavy atom. The molecule has 0 aliphatic heterocycles. The molecule has 98 heavy (non-hydrogen) atoms. The first-order valence-electron chi connectivity index (χ1n) is 40.9. The summed E-state index contributed by atoms with van der Waals surface area (Å²) in [4.78, 5) is 0. The van der Waals surface area contributed by atoms with Gasteiger partial charge in [-0.3, -0.25) is 0 Å². The minimum Gasteiger partial charge on any atom is -0.415 e. The Morgan fingerprint density at radius 2 is 0.622 bits per heavy atom. The van der Waals surface area contributed by atoms with Crippen LogP contribution in [0.5, 0.6) is 0 Å². The van der Waals surface area contributed by atoms with Crippen LogP contribution in [0, 0.1) is 76.9 Å². The summed E-state index contributed by atoms with van der Waals surface area (Å²) in [5.41, 5.74) is 0. The molecule has 0 heterocycles.